The van der Waals surface area contributed by atoms with Crippen molar-refractivity contribution in [3.05, 3.63) is 23.8 Å². The van der Waals surface area contributed by atoms with E-state index in [2.05, 4.69) is 19.9 Å². The molecule has 1 aliphatic heterocycles. The second kappa shape index (κ2) is 4.40. The first-order valence-corrected chi connectivity index (χ1v) is 5.55. The minimum atomic E-state index is -0.485. The molecule has 0 amide bonds. The molecule has 0 spiro atoms. The molecule has 5 heteroatoms. The SMILES string of the molecule is CC1(C)COB(c2cccc(N)c2C#N)OC1. The first kappa shape index (κ1) is 12.0. The predicted octanol–water partition coefficient (Wildman–Crippen LogP) is 0.909. The van der Waals surface area contributed by atoms with Crippen molar-refractivity contribution >= 4 is 18.3 Å². The number of nitrogens with zero attached hydrogens (tertiary/aromatic N) is 1. The van der Waals surface area contributed by atoms with Gasteiger partial charge in [0.1, 0.15) is 6.07 Å². The van der Waals surface area contributed by atoms with Crippen molar-refractivity contribution in [1.82, 2.24) is 0 Å². The van der Waals surface area contributed by atoms with Crippen LogP contribution in [0.5, 0.6) is 0 Å². The van der Waals surface area contributed by atoms with Crippen molar-refractivity contribution in [2.75, 3.05) is 18.9 Å². The Morgan fingerprint density at radius 3 is 2.59 bits per heavy atom. The van der Waals surface area contributed by atoms with Crippen LogP contribution in [0.15, 0.2) is 18.2 Å². The number of benzene rings is 1. The largest absolute Gasteiger partial charge is 0.495 e. The van der Waals surface area contributed by atoms with Gasteiger partial charge in [-0.1, -0.05) is 26.0 Å². The highest BCUT2D eigenvalue weighted by atomic mass is 16.6. The Morgan fingerprint density at radius 2 is 2.00 bits per heavy atom. The molecule has 88 valence electrons. The minimum absolute atomic E-state index is 0.0175. The maximum Gasteiger partial charge on any atom is 0.495 e. The number of rotatable bonds is 1. The standard InChI is InChI=1S/C12H15BN2O2/c1-12(2)7-16-13(17-8-12)10-4-3-5-11(15)9(10)6-14/h3-5H,7-8,15H2,1-2H3. The fourth-order valence-corrected chi connectivity index (χ4v) is 1.79. The van der Waals surface area contributed by atoms with Crippen LogP contribution >= 0.6 is 0 Å². The predicted molar refractivity (Wildman–Crippen MR) is 66.6 cm³/mol. The average molecular weight is 230 g/mol. The Morgan fingerprint density at radius 1 is 1.35 bits per heavy atom. The molecule has 0 aliphatic carbocycles. The molecule has 2 rings (SSSR count). The van der Waals surface area contributed by atoms with Crippen molar-refractivity contribution in [2.45, 2.75) is 13.8 Å². The molecule has 1 aromatic carbocycles. The van der Waals surface area contributed by atoms with Crippen LogP contribution < -0.4 is 11.2 Å². The summed E-state index contributed by atoms with van der Waals surface area (Å²) >= 11 is 0. The Balaban J connectivity index is 2.25. The van der Waals surface area contributed by atoms with Gasteiger partial charge in [-0.25, -0.2) is 0 Å². The molecule has 1 aromatic rings. The molecule has 0 bridgehead atoms. The second-order valence-corrected chi connectivity index (χ2v) is 5.04. The van der Waals surface area contributed by atoms with Crippen LogP contribution in [0.4, 0.5) is 5.69 Å². The quantitative estimate of drug-likeness (QED) is 0.575. The first-order chi connectivity index (χ1) is 8.03. The molecule has 0 aromatic heterocycles. The van der Waals surface area contributed by atoms with Crippen LogP contribution in [0.1, 0.15) is 19.4 Å². The van der Waals surface area contributed by atoms with Crippen LogP contribution in [0, 0.1) is 16.7 Å². The van der Waals surface area contributed by atoms with Crippen molar-refractivity contribution in [1.29, 1.82) is 5.26 Å². The van der Waals surface area contributed by atoms with Crippen LogP contribution in [0.3, 0.4) is 0 Å². The lowest BCUT2D eigenvalue weighted by atomic mass is 9.73. The summed E-state index contributed by atoms with van der Waals surface area (Å²) in [6, 6.07) is 7.42. The zero-order valence-electron chi connectivity index (χ0n) is 10.1. The molecule has 0 unspecified atom stereocenters. The lowest BCUT2D eigenvalue weighted by Gasteiger charge is -2.33. The van der Waals surface area contributed by atoms with Crippen LogP contribution in [-0.4, -0.2) is 20.3 Å². The molecule has 0 atom stereocenters. The van der Waals surface area contributed by atoms with Gasteiger partial charge in [0.05, 0.1) is 5.56 Å². The number of nitriles is 1. The highest BCUT2D eigenvalue weighted by molar-refractivity contribution is 6.62. The Bertz CT molecular complexity index is 458. The summed E-state index contributed by atoms with van der Waals surface area (Å²) in [5, 5.41) is 9.09. The number of nitrogens with two attached hydrogens (primary N) is 1. The summed E-state index contributed by atoms with van der Waals surface area (Å²) in [5.41, 5.74) is 7.39. The minimum Gasteiger partial charge on any atom is -0.407 e. The molecule has 1 fully saturated rings. The van der Waals surface area contributed by atoms with Crippen LogP contribution in [0.2, 0.25) is 0 Å². The van der Waals surface area contributed by atoms with Gasteiger partial charge < -0.3 is 15.0 Å². The first-order valence-electron chi connectivity index (χ1n) is 5.55. The van der Waals surface area contributed by atoms with E-state index in [0.717, 1.165) is 0 Å². The van der Waals surface area contributed by atoms with E-state index < -0.39 is 7.12 Å². The Kier molecular flexibility index (Phi) is 3.10. The zero-order chi connectivity index (χ0) is 12.5. The molecule has 1 saturated heterocycles. The maximum absolute atomic E-state index is 9.09. The maximum atomic E-state index is 9.09. The zero-order valence-corrected chi connectivity index (χ0v) is 10.1. The summed E-state index contributed by atoms with van der Waals surface area (Å²) < 4.78 is 11.3. The molecule has 17 heavy (non-hydrogen) atoms. The molecule has 1 heterocycles. The summed E-state index contributed by atoms with van der Waals surface area (Å²) in [6.45, 7) is 5.37. The molecule has 2 N–H and O–H groups in total. The highest BCUT2D eigenvalue weighted by Gasteiger charge is 2.35. The monoisotopic (exact) mass is 230 g/mol. The fraction of sp³-hybridized carbons (Fsp3) is 0.417. The smallest absolute Gasteiger partial charge is 0.407 e. The summed E-state index contributed by atoms with van der Waals surface area (Å²) in [4.78, 5) is 0. The van der Waals surface area contributed by atoms with Gasteiger partial charge in [-0.05, 0) is 6.07 Å². The van der Waals surface area contributed by atoms with E-state index in [4.69, 9.17) is 20.3 Å². The normalized spacial score (nSPS) is 18.8. The highest BCUT2D eigenvalue weighted by Crippen LogP contribution is 2.22. The number of hydrogen-bond acceptors (Lipinski definition) is 4. The van der Waals surface area contributed by atoms with E-state index >= 15 is 0 Å². The number of nitrogen functional groups attached to an aromatic ring is 1. The van der Waals surface area contributed by atoms with Gasteiger partial charge in [-0.2, -0.15) is 5.26 Å². The summed E-state index contributed by atoms with van der Waals surface area (Å²) in [5.74, 6) is 0. The molecular formula is C12H15BN2O2. The van der Waals surface area contributed by atoms with Gasteiger partial charge in [0.15, 0.2) is 0 Å². The molecule has 4 nitrogen and oxygen atoms in total. The van der Waals surface area contributed by atoms with Gasteiger partial charge >= 0.3 is 7.12 Å². The number of hydrogen-bond donors (Lipinski definition) is 1. The Hall–Kier alpha value is -1.51. The third-order valence-corrected chi connectivity index (χ3v) is 2.75. The summed E-state index contributed by atoms with van der Waals surface area (Å²) in [7, 11) is -0.485. The fourth-order valence-electron chi connectivity index (χ4n) is 1.79. The van der Waals surface area contributed by atoms with E-state index in [9.17, 15) is 0 Å². The Labute approximate surface area is 101 Å². The van der Waals surface area contributed by atoms with Gasteiger partial charge in [-0.15, -0.1) is 0 Å². The van der Waals surface area contributed by atoms with E-state index in [1.165, 1.54) is 0 Å². The lowest BCUT2D eigenvalue weighted by molar-refractivity contribution is 0.0343. The third-order valence-electron chi connectivity index (χ3n) is 2.75. The van der Waals surface area contributed by atoms with Gasteiger partial charge in [0, 0.05) is 29.8 Å². The molecule has 0 radical (unpaired) electrons. The van der Waals surface area contributed by atoms with Gasteiger partial charge in [-0.3, -0.25) is 0 Å². The van der Waals surface area contributed by atoms with E-state index in [-0.39, 0.29) is 5.41 Å². The van der Waals surface area contributed by atoms with Crippen molar-refractivity contribution in [3.63, 3.8) is 0 Å². The molecule has 0 saturated carbocycles. The summed E-state index contributed by atoms with van der Waals surface area (Å²) in [6.07, 6.45) is 0. The van der Waals surface area contributed by atoms with Crippen molar-refractivity contribution < 1.29 is 9.31 Å². The second-order valence-electron chi connectivity index (χ2n) is 5.04. The van der Waals surface area contributed by atoms with E-state index in [1.807, 2.05) is 6.07 Å². The average Bonchev–Trinajstić information content (AvgIpc) is 2.29. The van der Waals surface area contributed by atoms with Crippen LogP contribution in [0.25, 0.3) is 0 Å². The molecular weight excluding hydrogens is 215 g/mol. The molecule has 1 aliphatic rings. The van der Waals surface area contributed by atoms with Gasteiger partial charge in [0.25, 0.3) is 0 Å². The van der Waals surface area contributed by atoms with Crippen LogP contribution in [-0.2, 0) is 9.31 Å². The van der Waals surface area contributed by atoms with Crippen molar-refractivity contribution in [2.24, 2.45) is 5.41 Å². The van der Waals surface area contributed by atoms with Crippen molar-refractivity contribution in [3.8, 4) is 6.07 Å². The van der Waals surface area contributed by atoms with Gasteiger partial charge in [0.2, 0.25) is 0 Å². The number of anilines is 1. The third kappa shape index (κ3) is 2.43. The van der Waals surface area contributed by atoms with E-state index in [1.54, 1.807) is 12.1 Å². The topological polar surface area (TPSA) is 68.3 Å². The lowest BCUT2D eigenvalue weighted by Crippen LogP contribution is -2.48. The van der Waals surface area contributed by atoms with E-state index in [0.29, 0.717) is 29.9 Å².